The Morgan fingerprint density at radius 3 is 2.80 bits per heavy atom. The lowest BCUT2D eigenvalue weighted by Gasteiger charge is -2.44. The topological polar surface area (TPSA) is 110 Å². The average Bonchev–Trinajstić information content (AvgIpc) is 3.64. The molecule has 1 spiro atoms. The van der Waals surface area contributed by atoms with E-state index >= 15 is 4.39 Å². The van der Waals surface area contributed by atoms with Crippen LogP contribution in [0.2, 0.25) is 5.02 Å². The molecular weight excluding hydrogens is 629 g/mol. The quantitative estimate of drug-likeness (QED) is 0.290. The van der Waals surface area contributed by atoms with E-state index in [0.717, 1.165) is 30.7 Å². The second kappa shape index (κ2) is 10.2. The van der Waals surface area contributed by atoms with Crippen LogP contribution >= 0.6 is 22.9 Å². The maximum atomic E-state index is 17.1. The van der Waals surface area contributed by atoms with Crippen molar-refractivity contribution in [1.29, 1.82) is 5.26 Å². The van der Waals surface area contributed by atoms with Gasteiger partial charge in [0.2, 0.25) is 0 Å². The zero-order valence-electron chi connectivity index (χ0n) is 24.3. The van der Waals surface area contributed by atoms with Gasteiger partial charge in [0.15, 0.2) is 17.2 Å². The highest BCUT2D eigenvalue weighted by Crippen LogP contribution is 2.52. The van der Waals surface area contributed by atoms with Crippen molar-refractivity contribution in [3.05, 3.63) is 34.4 Å². The molecule has 6 heterocycles. The second-order valence-electron chi connectivity index (χ2n) is 12.5. The largest absolute Gasteiger partial charge is 0.480 e. The molecule has 0 unspecified atom stereocenters. The fraction of sp³-hybridized carbons (Fsp3) is 0.452. The van der Waals surface area contributed by atoms with Crippen LogP contribution in [0.4, 0.5) is 24.0 Å². The first kappa shape index (κ1) is 28.9. The summed E-state index contributed by atoms with van der Waals surface area (Å²) in [5.41, 5.74) is 4.92. The summed E-state index contributed by atoms with van der Waals surface area (Å²) in [5.74, 6) is -0.874. The van der Waals surface area contributed by atoms with Crippen LogP contribution in [0.5, 0.6) is 11.8 Å². The number of nitrogen functional groups attached to an aromatic ring is 1. The first-order valence-electron chi connectivity index (χ1n) is 14.8. The van der Waals surface area contributed by atoms with E-state index in [1.54, 1.807) is 0 Å². The molecule has 3 saturated heterocycles. The second-order valence-corrected chi connectivity index (χ2v) is 13.9. The van der Waals surface area contributed by atoms with E-state index < -0.39 is 28.9 Å². The molecule has 0 bridgehead atoms. The van der Waals surface area contributed by atoms with Gasteiger partial charge in [0.1, 0.15) is 41.0 Å². The molecule has 234 valence electrons. The van der Waals surface area contributed by atoms with E-state index in [2.05, 4.69) is 9.88 Å². The van der Waals surface area contributed by atoms with E-state index in [4.69, 9.17) is 36.5 Å². The molecule has 4 aromatic rings. The molecule has 4 aliphatic heterocycles. The van der Waals surface area contributed by atoms with Crippen LogP contribution in [0.1, 0.15) is 31.2 Å². The number of nitriles is 1. The minimum atomic E-state index is -0.937. The van der Waals surface area contributed by atoms with E-state index in [-0.39, 0.29) is 66.1 Å². The highest BCUT2D eigenvalue weighted by molar-refractivity contribution is 7.23. The lowest BCUT2D eigenvalue weighted by atomic mass is 9.93. The summed E-state index contributed by atoms with van der Waals surface area (Å²) < 4.78 is 64.9. The molecule has 8 rings (SSSR count). The van der Waals surface area contributed by atoms with Crippen LogP contribution in [0.3, 0.4) is 0 Å². The number of rotatable bonds is 4. The van der Waals surface area contributed by atoms with Gasteiger partial charge in [-0.15, -0.1) is 11.3 Å². The van der Waals surface area contributed by atoms with Crippen molar-refractivity contribution in [3.63, 3.8) is 0 Å². The number of ether oxygens (including phenoxy) is 3. The van der Waals surface area contributed by atoms with E-state index in [1.165, 1.54) is 12.1 Å². The third-order valence-corrected chi connectivity index (χ3v) is 11.1. The molecule has 2 atom stereocenters. The van der Waals surface area contributed by atoms with Crippen molar-refractivity contribution < 1.29 is 27.4 Å². The summed E-state index contributed by atoms with van der Waals surface area (Å²) in [6.45, 7) is 2.47. The van der Waals surface area contributed by atoms with Gasteiger partial charge in [0, 0.05) is 43.9 Å². The Labute approximate surface area is 265 Å². The Bertz CT molecular complexity index is 1950. The Morgan fingerprint density at radius 2 is 2.04 bits per heavy atom. The fourth-order valence-corrected chi connectivity index (χ4v) is 8.61. The van der Waals surface area contributed by atoms with Gasteiger partial charge in [0.05, 0.1) is 39.4 Å². The van der Waals surface area contributed by atoms with Gasteiger partial charge >= 0.3 is 6.01 Å². The first-order valence-corrected chi connectivity index (χ1v) is 16.0. The average molecular weight is 657 g/mol. The maximum Gasteiger partial charge on any atom is 0.319 e. The van der Waals surface area contributed by atoms with Crippen molar-refractivity contribution in [2.45, 2.75) is 43.0 Å². The molecule has 9 nitrogen and oxygen atoms in total. The number of anilines is 2. The van der Waals surface area contributed by atoms with E-state index in [1.807, 2.05) is 18.0 Å². The van der Waals surface area contributed by atoms with Crippen LogP contribution < -0.4 is 20.1 Å². The van der Waals surface area contributed by atoms with Crippen molar-refractivity contribution in [3.8, 4) is 29.0 Å². The third kappa shape index (κ3) is 4.26. The summed E-state index contributed by atoms with van der Waals surface area (Å²) in [5, 5.41) is 10.4. The predicted molar refractivity (Wildman–Crippen MR) is 165 cm³/mol. The molecule has 0 amide bonds. The minimum Gasteiger partial charge on any atom is -0.480 e. The first-order chi connectivity index (χ1) is 21.6. The van der Waals surface area contributed by atoms with Crippen LogP contribution in [-0.2, 0) is 4.74 Å². The highest BCUT2D eigenvalue weighted by atomic mass is 35.5. The van der Waals surface area contributed by atoms with Crippen molar-refractivity contribution in [1.82, 2.24) is 14.9 Å². The molecule has 2 N–H and O–H groups in total. The van der Waals surface area contributed by atoms with E-state index in [9.17, 15) is 14.0 Å². The predicted octanol–water partition coefficient (Wildman–Crippen LogP) is 5.84. The van der Waals surface area contributed by atoms with Gasteiger partial charge in [-0.2, -0.15) is 15.2 Å². The smallest absolute Gasteiger partial charge is 0.319 e. The number of alkyl halides is 1. The molecule has 14 heteroatoms. The maximum absolute atomic E-state index is 17.1. The molecule has 45 heavy (non-hydrogen) atoms. The van der Waals surface area contributed by atoms with Gasteiger partial charge in [0.25, 0.3) is 0 Å². The van der Waals surface area contributed by atoms with Crippen molar-refractivity contribution in [2.75, 3.05) is 57.1 Å². The minimum absolute atomic E-state index is 0.0303. The summed E-state index contributed by atoms with van der Waals surface area (Å²) in [4.78, 5) is 13.3. The lowest BCUT2D eigenvalue weighted by molar-refractivity contribution is -0.163. The number of nitrogens with zero attached hydrogens (tertiary/aromatic N) is 5. The number of hydrogen-bond donors (Lipinski definition) is 1. The highest BCUT2D eigenvalue weighted by Gasteiger charge is 2.50. The monoisotopic (exact) mass is 656 g/mol. The number of nitrogens with two attached hydrogens (primary N) is 1. The number of halogens is 4. The molecule has 0 radical (unpaired) electrons. The van der Waals surface area contributed by atoms with Crippen molar-refractivity contribution in [2.24, 2.45) is 0 Å². The van der Waals surface area contributed by atoms with Crippen LogP contribution in [0, 0.1) is 23.0 Å². The SMILES string of the molecule is CN1CCC2(COC2)Oc2c(Cl)c(-c3ccc(F)c4sc(N)c(C#N)c34)c(F)c3nc(OC[C@@]45CCCN4C[C@H](F)C5)nc1c23. The molecule has 2 aromatic heterocycles. The van der Waals surface area contributed by atoms with Crippen LogP contribution in [-0.4, -0.2) is 78.7 Å². The fourth-order valence-electron chi connectivity index (χ4n) is 7.34. The van der Waals surface area contributed by atoms with Crippen LogP contribution in [0.15, 0.2) is 12.1 Å². The summed E-state index contributed by atoms with van der Waals surface area (Å²) in [6, 6.07) is 4.55. The van der Waals surface area contributed by atoms with Crippen LogP contribution in [0.25, 0.3) is 32.1 Å². The number of aromatic nitrogens is 2. The molecule has 2 aromatic carbocycles. The number of hydrogen-bond acceptors (Lipinski definition) is 10. The number of fused-ring (bicyclic) bond motifs is 2. The molecular formula is C31H28ClF3N6O3S. The molecule has 0 saturated carbocycles. The molecule has 0 aliphatic carbocycles. The number of benzene rings is 2. The van der Waals surface area contributed by atoms with Gasteiger partial charge < -0.3 is 24.8 Å². The number of thiophene rings is 1. The van der Waals surface area contributed by atoms with Gasteiger partial charge in [-0.05, 0) is 31.0 Å². The molecule has 3 fully saturated rings. The summed E-state index contributed by atoms with van der Waals surface area (Å²) >= 11 is 7.97. The Morgan fingerprint density at radius 1 is 1.22 bits per heavy atom. The van der Waals surface area contributed by atoms with Crippen molar-refractivity contribution >= 4 is 54.7 Å². The zero-order chi connectivity index (χ0) is 31.2. The molecule has 4 aliphatic rings. The Balaban J connectivity index is 1.36. The lowest BCUT2D eigenvalue weighted by Crippen LogP contribution is -2.56. The normalized spacial score (nSPS) is 23.9. The van der Waals surface area contributed by atoms with Gasteiger partial charge in [-0.25, -0.2) is 13.2 Å². The summed E-state index contributed by atoms with van der Waals surface area (Å²) in [6.07, 6.45) is 1.72. The Kier molecular flexibility index (Phi) is 6.56. The Hall–Kier alpha value is -3.57. The van der Waals surface area contributed by atoms with Gasteiger partial charge in [-0.1, -0.05) is 17.7 Å². The van der Waals surface area contributed by atoms with Gasteiger partial charge in [-0.3, -0.25) is 4.90 Å². The summed E-state index contributed by atoms with van der Waals surface area (Å²) in [7, 11) is 1.84. The zero-order valence-corrected chi connectivity index (χ0v) is 25.8. The standard InChI is InChI=1S/C31H28ClF3N6O3S/c1-40-8-6-31(13-42-14-31)44-25-21-24(38-29(39-28(21)40)43-12-30-5-2-7-41(30)11-15(33)9-30)23(35)20(22(25)32)16-3-4-18(34)26-19(16)17(10-36)27(37)45-26/h3-4,15H,2,5-9,11-14,37H2,1H3/t15-,30+/m1/s1. The third-order valence-electron chi connectivity index (χ3n) is 9.69. The van der Waals surface area contributed by atoms with E-state index in [0.29, 0.717) is 45.0 Å².